The number of aromatic hydroxyl groups is 1. The summed E-state index contributed by atoms with van der Waals surface area (Å²) in [6, 6.07) is 24.0. The third-order valence-electron chi connectivity index (χ3n) is 5.08. The summed E-state index contributed by atoms with van der Waals surface area (Å²) < 4.78 is 5.73. The van der Waals surface area contributed by atoms with Gasteiger partial charge in [-0.1, -0.05) is 49.4 Å². The number of carbonyl (C=O) groups excluding carboxylic acids is 1. The number of carbonyl (C=O) groups is 1. The van der Waals surface area contributed by atoms with E-state index in [4.69, 9.17) is 4.74 Å². The number of allylic oxidation sites excluding steroid dienone is 1. The summed E-state index contributed by atoms with van der Waals surface area (Å²) in [5.41, 5.74) is 3.97. The number of likely N-dealkylation sites (N-methyl/N-ethyl adjacent to an activating group) is 1. The Morgan fingerprint density at radius 2 is 1.56 bits per heavy atom. The Hall–Kier alpha value is -3.57. The van der Waals surface area contributed by atoms with E-state index in [1.165, 1.54) is 0 Å². The number of hydrogen-bond acceptors (Lipinski definition) is 4. The SMILES string of the molecule is CC/C(=C(\C(=O)Nc1ccc(OCCN(C)C)cc1)c1ccc(O)cc1)c1ccccc1. The standard InChI is InChI=1S/C27H30N2O3/c1-4-25(20-8-6-5-7-9-20)26(21-10-14-23(30)15-11-21)27(31)28-22-12-16-24(17-13-22)32-19-18-29(2)3/h5-17,30H,4,18-19H2,1-3H3,(H,28,31)/b26-25+. The molecular formula is C27H30N2O3. The molecule has 0 radical (unpaired) electrons. The average Bonchev–Trinajstić information content (AvgIpc) is 2.79. The van der Waals surface area contributed by atoms with Crippen molar-refractivity contribution in [3.05, 3.63) is 90.0 Å². The van der Waals surface area contributed by atoms with Gasteiger partial charge in [-0.25, -0.2) is 0 Å². The number of nitrogens with zero attached hydrogens (tertiary/aromatic N) is 1. The second-order valence-electron chi connectivity index (χ2n) is 7.75. The molecule has 5 nitrogen and oxygen atoms in total. The summed E-state index contributed by atoms with van der Waals surface area (Å²) in [5, 5.41) is 12.7. The summed E-state index contributed by atoms with van der Waals surface area (Å²) >= 11 is 0. The van der Waals surface area contributed by atoms with E-state index in [1.807, 2.05) is 75.6 Å². The van der Waals surface area contributed by atoms with Crippen molar-refractivity contribution in [2.45, 2.75) is 13.3 Å². The largest absolute Gasteiger partial charge is 0.508 e. The molecule has 0 aliphatic carbocycles. The monoisotopic (exact) mass is 430 g/mol. The average molecular weight is 431 g/mol. The van der Waals surface area contributed by atoms with Crippen molar-refractivity contribution in [1.82, 2.24) is 4.90 Å². The first-order valence-electron chi connectivity index (χ1n) is 10.7. The molecule has 0 heterocycles. The van der Waals surface area contributed by atoms with Crippen LogP contribution in [-0.4, -0.2) is 43.2 Å². The second-order valence-corrected chi connectivity index (χ2v) is 7.75. The Morgan fingerprint density at radius 3 is 2.16 bits per heavy atom. The van der Waals surface area contributed by atoms with E-state index in [1.54, 1.807) is 24.3 Å². The molecule has 0 aliphatic rings. The summed E-state index contributed by atoms with van der Waals surface area (Å²) in [4.78, 5) is 15.5. The lowest BCUT2D eigenvalue weighted by atomic mass is 9.92. The van der Waals surface area contributed by atoms with Crippen LogP contribution in [0.4, 0.5) is 5.69 Å². The lowest BCUT2D eigenvalue weighted by molar-refractivity contribution is -0.111. The Labute approximate surface area is 190 Å². The van der Waals surface area contributed by atoms with Gasteiger partial charge in [-0.3, -0.25) is 4.79 Å². The zero-order chi connectivity index (χ0) is 22.9. The van der Waals surface area contributed by atoms with E-state index in [0.29, 0.717) is 24.3 Å². The van der Waals surface area contributed by atoms with Gasteiger partial charge in [0.05, 0.1) is 5.57 Å². The molecule has 3 aromatic carbocycles. The molecule has 0 fully saturated rings. The van der Waals surface area contributed by atoms with Crippen molar-refractivity contribution in [2.24, 2.45) is 0 Å². The number of phenols is 1. The molecule has 0 atom stereocenters. The molecule has 5 heteroatoms. The van der Waals surface area contributed by atoms with Crippen LogP contribution in [-0.2, 0) is 4.79 Å². The van der Waals surface area contributed by atoms with Gasteiger partial charge in [0.2, 0.25) is 0 Å². The second kappa shape index (κ2) is 11.2. The summed E-state index contributed by atoms with van der Waals surface area (Å²) in [6.45, 7) is 3.47. The highest BCUT2D eigenvalue weighted by atomic mass is 16.5. The van der Waals surface area contributed by atoms with Gasteiger partial charge in [-0.15, -0.1) is 0 Å². The quantitative estimate of drug-likeness (QED) is 0.358. The maximum Gasteiger partial charge on any atom is 0.256 e. The topological polar surface area (TPSA) is 61.8 Å². The van der Waals surface area contributed by atoms with Crippen molar-refractivity contribution in [2.75, 3.05) is 32.6 Å². The van der Waals surface area contributed by atoms with Gasteiger partial charge < -0.3 is 20.1 Å². The molecule has 166 valence electrons. The first-order chi connectivity index (χ1) is 15.5. The highest BCUT2D eigenvalue weighted by Gasteiger charge is 2.18. The molecule has 0 aliphatic heterocycles. The van der Waals surface area contributed by atoms with Gasteiger partial charge in [0.25, 0.3) is 5.91 Å². The lowest BCUT2D eigenvalue weighted by Gasteiger charge is -2.16. The Kier molecular flexibility index (Phi) is 8.06. The molecular weight excluding hydrogens is 400 g/mol. The molecule has 0 spiro atoms. The van der Waals surface area contributed by atoms with E-state index < -0.39 is 0 Å². The van der Waals surface area contributed by atoms with E-state index >= 15 is 0 Å². The van der Waals surface area contributed by atoms with Gasteiger partial charge in [0.15, 0.2) is 0 Å². The number of benzene rings is 3. The molecule has 0 saturated heterocycles. The van der Waals surface area contributed by atoms with Gasteiger partial charge >= 0.3 is 0 Å². The van der Waals surface area contributed by atoms with Crippen molar-refractivity contribution >= 4 is 22.7 Å². The molecule has 2 N–H and O–H groups in total. The molecule has 3 rings (SSSR count). The van der Waals surface area contributed by atoms with E-state index in [0.717, 1.165) is 29.0 Å². The molecule has 0 aromatic heterocycles. The number of rotatable bonds is 9. The van der Waals surface area contributed by atoms with Crippen LogP contribution in [0, 0.1) is 0 Å². The van der Waals surface area contributed by atoms with Crippen molar-refractivity contribution in [3.8, 4) is 11.5 Å². The van der Waals surface area contributed by atoms with Crippen LogP contribution in [0.3, 0.4) is 0 Å². The van der Waals surface area contributed by atoms with Gasteiger partial charge in [0.1, 0.15) is 18.1 Å². The number of amides is 1. The Bertz CT molecular complexity index is 1040. The van der Waals surface area contributed by atoms with Crippen LogP contribution >= 0.6 is 0 Å². The third-order valence-corrected chi connectivity index (χ3v) is 5.08. The third kappa shape index (κ3) is 6.22. The Balaban J connectivity index is 1.88. The van der Waals surface area contributed by atoms with Crippen LogP contribution < -0.4 is 10.1 Å². The fourth-order valence-corrected chi connectivity index (χ4v) is 3.41. The van der Waals surface area contributed by atoms with Gasteiger partial charge in [0, 0.05) is 12.2 Å². The van der Waals surface area contributed by atoms with Crippen LogP contribution in [0.1, 0.15) is 24.5 Å². The molecule has 0 unspecified atom stereocenters. The van der Waals surface area contributed by atoms with E-state index in [9.17, 15) is 9.90 Å². The van der Waals surface area contributed by atoms with Crippen LogP contribution in [0.15, 0.2) is 78.9 Å². The predicted molar refractivity (Wildman–Crippen MR) is 131 cm³/mol. The molecule has 3 aromatic rings. The summed E-state index contributed by atoms with van der Waals surface area (Å²) in [7, 11) is 4.00. The lowest BCUT2D eigenvalue weighted by Crippen LogP contribution is -2.19. The normalized spacial score (nSPS) is 11.8. The molecule has 0 bridgehead atoms. The fourth-order valence-electron chi connectivity index (χ4n) is 3.41. The Morgan fingerprint density at radius 1 is 0.906 bits per heavy atom. The number of anilines is 1. The highest BCUT2D eigenvalue weighted by Crippen LogP contribution is 2.31. The molecule has 32 heavy (non-hydrogen) atoms. The zero-order valence-electron chi connectivity index (χ0n) is 18.8. The molecule has 1 amide bonds. The molecule has 0 saturated carbocycles. The van der Waals surface area contributed by atoms with Crippen LogP contribution in [0.2, 0.25) is 0 Å². The smallest absolute Gasteiger partial charge is 0.256 e. The zero-order valence-corrected chi connectivity index (χ0v) is 18.8. The van der Waals surface area contributed by atoms with Gasteiger partial charge in [-0.2, -0.15) is 0 Å². The van der Waals surface area contributed by atoms with Crippen molar-refractivity contribution in [3.63, 3.8) is 0 Å². The minimum Gasteiger partial charge on any atom is -0.508 e. The first kappa shape index (κ1) is 23.1. The van der Waals surface area contributed by atoms with Gasteiger partial charge in [-0.05, 0) is 73.6 Å². The van der Waals surface area contributed by atoms with Crippen molar-refractivity contribution < 1.29 is 14.6 Å². The van der Waals surface area contributed by atoms with E-state index in [2.05, 4.69) is 10.2 Å². The number of hydrogen-bond donors (Lipinski definition) is 2. The summed E-state index contributed by atoms with van der Waals surface area (Å²) in [6.07, 6.45) is 0.687. The minimum atomic E-state index is -0.197. The minimum absolute atomic E-state index is 0.163. The number of ether oxygens (including phenoxy) is 1. The van der Waals surface area contributed by atoms with Crippen LogP contribution in [0.25, 0.3) is 11.1 Å². The number of phenolic OH excluding ortho intramolecular Hbond substituents is 1. The maximum absolute atomic E-state index is 13.4. The summed E-state index contributed by atoms with van der Waals surface area (Å²) in [5.74, 6) is 0.728. The maximum atomic E-state index is 13.4. The highest BCUT2D eigenvalue weighted by molar-refractivity contribution is 6.31. The first-order valence-corrected chi connectivity index (χ1v) is 10.7. The van der Waals surface area contributed by atoms with Crippen molar-refractivity contribution in [1.29, 1.82) is 0 Å². The number of nitrogens with one attached hydrogen (secondary N) is 1. The van der Waals surface area contributed by atoms with E-state index in [-0.39, 0.29) is 11.7 Å². The predicted octanol–water partition coefficient (Wildman–Crippen LogP) is 5.29. The fraction of sp³-hybridized carbons (Fsp3) is 0.222. The van der Waals surface area contributed by atoms with Crippen LogP contribution in [0.5, 0.6) is 11.5 Å².